The Hall–Kier alpha value is -0.660. The predicted molar refractivity (Wildman–Crippen MR) is 64.6 cm³/mol. The molecule has 100 valence electrons. The zero-order valence-corrected chi connectivity index (χ0v) is 11.1. The van der Waals surface area contributed by atoms with Crippen LogP contribution in [0.3, 0.4) is 0 Å². The van der Waals surface area contributed by atoms with Gasteiger partial charge in [-0.1, -0.05) is 0 Å². The minimum atomic E-state index is -2.98. The zero-order valence-electron chi connectivity index (χ0n) is 10.3. The average molecular weight is 264 g/mol. The summed E-state index contributed by atoms with van der Waals surface area (Å²) >= 11 is 0. The van der Waals surface area contributed by atoms with Gasteiger partial charge in [0, 0.05) is 39.7 Å². The summed E-state index contributed by atoms with van der Waals surface area (Å²) in [6.45, 7) is 1.44. The molecule has 17 heavy (non-hydrogen) atoms. The molecule has 0 bridgehead atoms. The third kappa shape index (κ3) is 5.01. The molecule has 1 N–H and O–H groups in total. The second-order valence-electron chi connectivity index (χ2n) is 4.28. The van der Waals surface area contributed by atoms with E-state index in [4.69, 9.17) is 4.74 Å². The maximum absolute atomic E-state index is 11.8. The quantitative estimate of drug-likeness (QED) is 0.680. The highest BCUT2D eigenvalue weighted by atomic mass is 32.2. The molecular weight excluding hydrogens is 244 g/mol. The lowest BCUT2D eigenvalue weighted by Gasteiger charge is -2.25. The standard InChI is InChI=1S/C10H20N2O4S/c1-12(4-5-16-2)10(13)7-9-8-17(14,15)6-3-11-9/h9,11H,3-8H2,1-2H3. The minimum Gasteiger partial charge on any atom is -0.383 e. The van der Waals surface area contributed by atoms with Crippen LogP contribution in [0.25, 0.3) is 0 Å². The van der Waals surface area contributed by atoms with E-state index in [1.54, 1.807) is 19.1 Å². The van der Waals surface area contributed by atoms with Gasteiger partial charge in [0.05, 0.1) is 18.1 Å². The number of nitrogens with one attached hydrogen (secondary N) is 1. The highest BCUT2D eigenvalue weighted by Crippen LogP contribution is 2.06. The van der Waals surface area contributed by atoms with Gasteiger partial charge >= 0.3 is 0 Å². The van der Waals surface area contributed by atoms with Crippen molar-refractivity contribution in [2.24, 2.45) is 0 Å². The van der Waals surface area contributed by atoms with E-state index in [2.05, 4.69) is 5.32 Å². The van der Waals surface area contributed by atoms with Crippen molar-refractivity contribution in [3.05, 3.63) is 0 Å². The molecule has 1 unspecified atom stereocenters. The van der Waals surface area contributed by atoms with Crippen molar-refractivity contribution in [3.8, 4) is 0 Å². The van der Waals surface area contributed by atoms with Gasteiger partial charge in [0.1, 0.15) is 0 Å². The molecule has 1 rings (SSSR count). The van der Waals surface area contributed by atoms with Gasteiger partial charge in [0.2, 0.25) is 5.91 Å². The number of ether oxygens (including phenoxy) is 1. The van der Waals surface area contributed by atoms with Gasteiger partial charge in [-0.25, -0.2) is 8.42 Å². The molecule has 1 fully saturated rings. The van der Waals surface area contributed by atoms with E-state index in [1.807, 2.05) is 0 Å². The molecule has 1 aliphatic heterocycles. The van der Waals surface area contributed by atoms with Crippen molar-refractivity contribution in [2.75, 3.05) is 45.4 Å². The van der Waals surface area contributed by atoms with Gasteiger partial charge in [-0.15, -0.1) is 0 Å². The number of rotatable bonds is 5. The molecule has 0 saturated carbocycles. The van der Waals surface area contributed by atoms with Crippen LogP contribution in [0.1, 0.15) is 6.42 Å². The normalized spacial score (nSPS) is 23.3. The minimum absolute atomic E-state index is 0.0524. The first-order valence-electron chi connectivity index (χ1n) is 5.61. The Labute approximate surface area is 102 Å². The smallest absolute Gasteiger partial charge is 0.223 e. The number of methoxy groups -OCH3 is 1. The van der Waals surface area contributed by atoms with Crippen molar-refractivity contribution in [2.45, 2.75) is 12.5 Å². The van der Waals surface area contributed by atoms with Crippen LogP contribution in [0.15, 0.2) is 0 Å². The van der Waals surface area contributed by atoms with Gasteiger partial charge in [0.25, 0.3) is 0 Å². The van der Waals surface area contributed by atoms with E-state index in [0.29, 0.717) is 19.7 Å². The Morgan fingerprint density at radius 2 is 2.24 bits per heavy atom. The van der Waals surface area contributed by atoms with Crippen LogP contribution in [-0.4, -0.2) is 70.6 Å². The van der Waals surface area contributed by atoms with Crippen LogP contribution >= 0.6 is 0 Å². The van der Waals surface area contributed by atoms with Crippen LogP contribution in [0.4, 0.5) is 0 Å². The molecule has 1 amide bonds. The maximum Gasteiger partial charge on any atom is 0.223 e. The second kappa shape index (κ2) is 6.32. The summed E-state index contributed by atoms with van der Waals surface area (Å²) in [6.07, 6.45) is 0.222. The lowest BCUT2D eigenvalue weighted by Crippen LogP contribution is -2.47. The Balaban J connectivity index is 2.40. The third-order valence-electron chi connectivity index (χ3n) is 2.78. The Kier molecular flexibility index (Phi) is 5.35. The number of hydrogen-bond donors (Lipinski definition) is 1. The molecule has 0 aromatic rings. The largest absolute Gasteiger partial charge is 0.383 e. The number of sulfone groups is 1. The predicted octanol–water partition coefficient (Wildman–Crippen LogP) is -1.13. The zero-order chi connectivity index (χ0) is 12.9. The van der Waals surface area contributed by atoms with Crippen molar-refractivity contribution in [3.63, 3.8) is 0 Å². The maximum atomic E-state index is 11.8. The fraction of sp³-hybridized carbons (Fsp3) is 0.900. The number of nitrogens with zero attached hydrogens (tertiary/aromatic N) is 1. The highest BCUT2D eigenvalue weighted by molar-refractivity contribution is 7.91. The number of amides is 1. The number of carbonyl (C=O) groups is 1. The first-order valence-corrected chi connectivity index (χ1v) is 7.43. The van der Waals surface area contributed by atoms with Crippen molar-refractivity contribution >= 4 is 15.7 Å². The topological polar surface area (TPSA) is 75.7 Å². The summed E-state index contributed by atoms with van der Waals surface area (Å²) in [5.74, 6) is 0.158. The molecule has 0 aromatic heterocycles. The number of hydrogen-bond acceptors (Lipinski definition) is 5. The van der Waals surface area contributed by atoms with Crippen LogP contribution in [0.5, 0.6) is 0 Å². The second-order valence-corrected chi connectivity index (χ2v) is 6.51. The molecule has 7 heteroatoms. The summed E-state index contributed by atoms with van der Waals surface area (Å²) < 4.78 is 27.7. The molecule has 6 nitrogen and oxygen atoms in total. The Bertz CT molecular complexity index is 355. The van der Waals surface area contributed by atoms with Gasteiger partial charge in [0.15, 0.2) is 9.84 Å². The Morgan fingerprint density at radius 1 is 1.53 bits per heavy atom. The van der Waals surface area contributed by atoms with Gasteiger partial charge in [-0.2, -0.15) is 0 Å². The highest BCUT2D eigenvalue weighted by Gasteiger charge is 2.26. The van der Waals surface area contributed by atoms with E-state index in [0.717, 1.165) is 0 Å². The van der Waals surface area contributed by atoms with E-state index >= 15 is 0 Å². The van der Waals surface area contributed by atoms with Crippen molar-refractivity contribution in [1.82, 2.24) is 10.2 Å². The molecule has 1 aliphatic rings. The fourth-order valence-electron chi connectivity index (χ4n) is 1.72. The molecule has 0 radical (unpaired) electrons. The first-order chi connectivity index (χ1) is 7.94. The van der Waals surface area contributed by atoms with Crippen LogP contribution in [0.2, 0.25) is 0 Å². The van der Waals surface area contributed by atoms with E-state index in [-0.39, 0.29) is 29.9 Å². The van der Waals surface area contributed by atoms with Gasteiger partial charge < -0.3 is 15.0 Å². The van der Waals surface area contributed by atoms with Crippen LogP contribution in [-0.2, 0) is 19.4 Å². The number of carbonyl (C=O) groups excluding carboxylic acids is 1. The van der Waals surface area contributed by atoms with E-state index in [9.17, 15) is 13.2 Å². The van der Waals surface area contributed by atoms with E-state index < -0.39 is 9.84 Å². The van der Waals surface area contributed by atoms with Crippen molar-refractivity contribution in [1.29, 1.82) is 0 Å². The Morgan fingerprint density at radius 3 is 2.82 bits per heavy atom. The fourth-order valence-corrected chi connectivity index (χ4v) is 3.16. The lowest BCUT2D eigenvalue weighted by molar-refractivity contribution is -0.130. The molecule has 0 spiro atoms. The summed E-state index contributed by atoms with van der Waals surface area (Å²) in [4.78, 5) is 13.3. The summed E-state index contributed by atoms with van der Waals surface area (Å²) in [7, 11) is 0.292. The average Bonchev–Trinajstić information content (AvgIpc) is 2.24. The number of likely N-dealkylation sites (N-methyl/N-ethyl adjacent to an activating group) is 1. The lowest BCUT2D eigenvalue weighted by atomic mass is 10.2. The molecule has 0 aromatic carbocycles. The van der Waals surface area contributed by atoms with Crippen LogP contribution in [0, 0.1) is 0 Å². The monoisotopic (exact) mass is 264 g/mol. The van der Waals surface area contributed by atoms with Crippen molar-refractivity contribution < 1.29 is 17.9 Å². The molecule has 1 atom stereocenters. The third-order valence-corrected chi connectivity index (χ3v) is 4.52. The molecule has 0 aliphatic carbocycles. The van der Waals surface area contributed by atoms with Gasteiger partial charge in [-0.3, -0.25) is 4.79 Å². The summed E-state index contributed by atoms with van der Waals surface area (Å²) in [6, 6.07) is -0.258. The molecule has 1 heterocycles. The SMILES string of the molecule is COCCN(C)C(=O)CC1CS(=O)(=O)CCN1. The van der Waals surface area contributed by atoms with E-state index in [1.165, 1.54) is 0 Å². The van der Waals surface area contributed by atoms with Crippen LogP contribution < -0.4 is 5.32 Å². The summed E-state index contributed by atoms with van der Waals surface area (Å²) in [5, 5.41) is 3.06. The molecular formula is C10H20N2O4S. The van der Waals surface area contributed by atoms with Gasteiger partial charge in [-0.05, 0) is 0 Å². The molecule has 1 saturated heterocycles. The summed E-state index contributed by atoms with van der Waals surface area (Å²) in [5.41, 5.74) is 0. The first kappa shape index (κ1) is 14.4.